The molecule has 0 radical (unpaired) electrons. The van der Waals surface area contributed by atoms with Gasteiger partial charge in [0, 0.05) is 12.5 Å². The van der Waals surface area contributed by atoms with Crippen LogP contribution in [0.15, 0.2) is 30.3 Å². The number of nitrogens with two attached hydrogens (primary N) is 1. The van der Waals surface area contributed by atoms with Crippen LogP contribution in [0.1, 0.15) is 11.5 Å². The third-order valence-electron chi connectivity index (χ3n) is 1.97. The zero-order chi connectivity index (χ0) is 10.6. The molecule has 0 fully saturated rings. The predicted octanol–water partition coefficient (Wildman–Crippen LogP) is 0.617. The zero-order valence-corrected chi connectivity index (χ0v) is 8.44. The highest BCUT2D eigenvalue weighted by atomic mass is 32.2. The van der Waals surface area contributed by atoms with Gasteiger partial charge in [0.1, 0.15) is 0 Å². The van der Waals surface area contributed by atoms with Crippen LogP contribution in [0, 0.1) is 0 Å². The second kappa shape index (κ2) is 4.54. The topological polar surface area (TPSA) is 80.4 Å². The molecule has 0 bridgehead atoms. The molecule has 0 amide bonds. The van der Waals surface area contributed by atoms with E-state index in [0.717, 1.165) is 5.56 Å². The van der Waals surface area contributed by atoms with E-state index >= 15 is 0 Å². The second-order valence-electron chi connectivity index (χ2n) is 3.09. The Morgan fingerprint density at radius 2 is 1.86 bits per heavy atom. The van der Waals surface area contributed by atoms with Gasteiger partial charge in [-0.3, -0.25) is 4.55 Å². The first-order valence-electron chi connectivity index (χ1n) is 4.23. The van der Waals surface area contributed by atoms with Crippen molar-refractivity contribution in [2.24, 2.45) is 5.73 Å². The summed E-state index contributed by atoms with van der Waals surface area (Å²) in [7, 11) is -3.96. The monoisotopic (exact) mass is 215 g/mol. The summed E-state index contributed by atoms with van der Waals surface area (Å²) in [6.07, 6.45) is 0. The Morgan fingerprint density at radius 1 is 1.29 bits per heavy atom. The van der Waals surface area contributed by atoms with E-state index in [1.54, 1.807) is 12.1 Å². The van der Waals surface area contributed by atoms with Gasteiger partial charge in [-0.25, -0.2) is 0 Å². The van der Waals surface area contributed by atoms with Crippen LogP contribution >= 0.6 is 0 Å². The van der Waals surface area contributed by atoms with Gasteiger partial charge in [0.15, 0.2) is 0 Å². The molecule has 0 spiro atoms. The lowest BCUT2D eigenvalue weighted by molar-refractivity contribution is 0.477. The molecular formula is C9H13NO3S. The van der Waals surface area contributed by atoms with E-state index in [1.807, 2.05) is 18.2 Å². The summed E-state index contributed by atoms with van der Waals surface area (Å²) in [5.74, 6) is -0.667. The Morgan fingerprint density at radius 3 is 2.29 bits per heavy atom. The van der Waals surface area contributed by atoms with Crippen LogP contribution in [0.4, 0.5) is 0 Å². The van der Waals surface area contributed by atoms with Crippen LogP contribution in [0.25, 0.3) is 0 Å². The summed E-state index contributed by atoms with van der Waals surface area (Å²) in [4.78, 5) is 0. The van der Waals surface area contributed by atoms with Gasteiger partial charge >= 0.3 is 0 Å². The van der Waals surface area contributed by atoms with E-state index in [1.165, 1.54) is 0 Å². The molecule has 3 N–H and O–H groups in total. The van der Waals surface area contributed by atoms with Crippen molar-refractivity contribution < 1.29 is 13.0 Å². The molecule has 0 aliphatic rings. The number of hydrogen-bond donors (Lipinski definition) is 2. The van der Waals surface area contributed by atoms with Crippen molar-refractivity contribution >= 4 is 10.1 Å². The van der Waals surface area contributed by atoms with Gasteiger partial charge in [-0.2, -0.15) is 8.42 Å². The SMILES string of the molecule is NCC(CS(=O)(=O)O)c1ccccc1. The highest BCUT2D eigenvalue weighted by Gasteiger charge is 2.16. The van der Waals surface area contributed by atoms with E-state index in [0.29, 0.717) is 0 Å². The minimum absolute atomic E-state index is 0.198. The lowest BCUT2D eigenvalue weighted by atomic mass is 10.0. The third-order valence-corrected chi connectivity index (χ3v) is 2.79. The minimum Gasteiger partial charge on any atom is -0.330 e. The fourth-order valence-electron chi connectivity index (χ4n) is 1.28. The van der Waals surface area contributed by atoms with Crippen molar-refractivity contribution in [1.29, 1.82) is 0 Å². The Hall–Kier alpha value is -0.910. The van der Waals surface area contributed by atoms with Gasteiger partial charge in [0.05, 0.1) is 5.75 Å². The lowest BCUT2D eigenvalue weighted by Gasteiger charge is -2.12. The van der Waals surface area contributed by atoms with Gasteiger partial charge in [0.2, 0.25) is 0 Å². The van der Waals surface area contributed by atoms with Crippen molar-refractivity contribution in [3.63, 3.8) is 0 Å². The lowest BCUT2D eigenvalue weighted by Crippen LogP contribution is -2.21. The first-order chi connectivity index (χ1) is 6.53. The van der Waals surface area contributed by atoms with Gasteiger partial charge < -0.3 is 5.73 Å². The quantitative estimate of drug-likeness (QED) is 0.721. The summed E-state index contributed by atoms with van der Waals surface area (Å²) in [5, 5.41) is 0. The number of benzene rings is 1. The van der Waals surface area contributed by atoms with Gasteiger partial charge in [-0.1, -0.05) is 30.3 Å². The predicted molar refractivity (Wildman–Crippen MR) is 54.7 cm³/mol. The van der Waals surface area contributed by atoms with E-state index < -0.39 is 10.1 Å². The first kappa shape index (κ1) is 11.2. The first-order valence-corrected chi connectivity index (χ1v) is 5.84. The molecular weight excluding hydrogens is 202 g/mol. The van der Waals surface area contributed by atoms with Gasteiger partial charge in [0.25, 0.3) is 10.1 Å². The van der Waals surface area contributed by atoms with Gasteiger partial charge in [-0.05, 0) is 5.56 Å². The molecule has 1 rings (SSSR count). The maximum absolute atomic E-state index is 10.7. The van der Waals surface area contributed by atoms with Crippen LogP contribution in [0.2, 0.25) is 0 Å². The molecule has 1 aromatic rings. The standard InChI is InChI=1S/C9H13NO3S/c10-6-9(7-14(11,12)13)8-4-2-1-3-5-8/h1-5,9H,6-7,10H2,(H,11,12,13). The molecule has 0 aliphatic heterocycles. The van der Waals surface area contributed by atoms with E-state index in [-0.39, 0.29) is 18.2 Å². The minimum atomic E-state index is -3.96. The van der Waals surface area contributed by atoms with Crippen molar-refractivity contribution in [3.05, 3.63) is 35.9 Å². The molecule has 0 aromatic heterocycles. The van der Waals surface area contributed by atoms with E-state index in [4.69, 9.17) is 10.3 Å². The molecule has 5 heteroatoms. The highest BCUT2D eigenvalue weighted by Crippen LogP contribution is 2.15. The molecule has 1 atom stereocenters. The Balaban J connectivity index is 2.84. The maximum Gasteiger partial charge on any atom is 0.265 e. The largest absolute Gasteiger partial charge is 0.330 e. The van der Waals surface area contributed by atoms with Crippen molar-refractivity contribution in [2.45, 2.75) is 5.92 Å². The van der Waals surface area contributed by atoms with E-state index in [9.17, 15) is 8.42 Å². The third kappa shape index (κ3) is 3.45. The zero-order valence-electron chi connectivity index (χ0n) is 7.63. The fourth-order valence-corrected chi connectivity index (χ4v) is 2.12. The van der Waals surface area contributed by atoms with Crippen LogP contribution < -0.4 is 5.73 Å². The molecule has 0 heterocycles. The van der Waals surface area contributed by atoms with Crippen molar-refractivity contribution in [1.82, 2.24) is 0 Å². The van der Waals surface area contributed by atoms with Gasteiger partial charge in [-0.15, -0.1) is 0 Å². The van der Waals surface area contributed by atoms with E-state index in [2.05, 4.69) is 0 Å². The smallest absolute Gasteiger partial charge is 0.265 e. The maximum atomic E-state index is 10.7. The van der Waals surface area contributed by atoms with Crippen LogP contribution in [-0.2, 0) is 10.1 Å². The normalized spacial score (nSPS) is 13.9. The molecule has 0 aliphatic carbocycles. The fraction of sp³-hybridized carbons (Fsp3) is 0.333. The molecule has 14 heavy (non-hydrogen) atoms. The van der Waals surface area contributed by atoms with Crippen LogP contribution in [-0.4, -0.2) is 25.3 Å². The average Bonchev–Trinajstić information content (AvgIpc) is 2.14. The molecule has 0 saturated heterocycles. The summed E-state index contributed by atoms with van der Waals surface area (Å²) < 4.78 is 30.0. The summed E-state index contributed by atoms with van der Waals surface area (Å²) in [5.41, 5.74) is 6.26. The van der Waals surface area contributed by atoms with Crippen molar-refractivity contribution in [3.8, 4) is 0 Å². The second-order valence-corrected chi connectivity index (χ2v) is 4.59. The number of rotatable bonds is 4. The Labute approximate surface area is 83.5 Å². The average molecular weight is 215 g/mol. The van der Waals surface area contributed by atoms with Crippen LogP contribution in [0.5, 0.6) is 0 Å². The summed E-state index contributed by atoms with van der Waals surface area (Å²) in [6.45, 7) is 0.198. The van der Waals surface area contributed by atoms with Crippen LogP contribution in [0.3, 0.4) is 0 Å². The van der Waals surface area contributed by atoms with Crippen molar-refractivity contribution in [2.75, 3.05) is 12.3 Å². The highest BCUT2D eigenvalue weighted by molar-refractivity contribution is 7.85. The molecule has 78 valence electrons. The Kier molecular flexibility index (Phi) is 3.62. The molecule has 0 saturated carbocycles. The molecule has 4 nitrogen and oxygen atoms in total. The number of hydrogen-bond acceptors (Lipinski definition) is 3. The Bertz CT molecular complexity index is 374. The summed E-state index contributed by atoms with van der Waals surface area (Å²) >= 11 is 0. The summed E-state index contributed by atoms with van der Waals surface area (Å²) in [6, 6.07) is 9.04. The molecule has 1 unspecified atom stereocenters. The molecule has 1 aromatic carbocycles.